The summed E-state index contributed by atoms with van der Waals surface area (Å²) in [5.41, 5.74) is 5.99. The molecule has 0 amide bonds. The van der Waals surface area contributed by atoms with Crippen LogP contribution in [0.15, 0.2) is 42.5 Å². The van der Waals surface area contributed by atoms with Gasteiger partial charge in [-0.15, -0.1) is 0 Å². The number of hydrogen-bond acceptors (Lipinski definition) is 4. The predicted octanol–water partition coefficient (Wildman–Crippen LogP) is 2.01. The van der Waals surface area contributed by atoms with E-state index < -0.39 is 5.97 Å². The third-order valence-corrected chi connectivity index (χ3v) is 1.98. The molecule has 0 saturated heterocycles. The largest absolute Gasteiger partial charge is 0.506 e. The zero-order chi connectivity index (χ0) is 12.1. The van der Waals surface area contributed by atoms with E-state index >= 15 is 0 Å². The fraction of sp³-hybridized carbons (Fsp3) is 0.0833. The molecule has 1 rings (SSSR count). The normalized spacial score (nSPS) is 10.9. The summed E-state index contributed by atoms with van der Waals surface area (Å²) in [4.78, 5) is 11.5. The number of ether oxygens (including phenoxy) is 1. The van der Waals surface area contributed by atoms with Crippen LogP contribution < -0.4 is 10.5 Å². The molecule has 0 atom stereocenters. The van der Waals surface area contributed by atoms with E-state index in [1.54, 1.807) is 13.0 Å². The number of carbonyl (C=O) groups is 1. The molecule has 0 bridgehead atoms. The van der Waals surface area contributed by atoms with E-state index in [2.05, 4.69) is 6.58 Å². The summed E-state index contributed by atoms with van der Waals surface area (Å²) in [6.45, 7) is 5.20. The summed E-state index contributed by atoms with van der Waals surface area (Å²) < 4.78 is 5.02. The van der Waals surface area contributed by atoms with Crippen LogP contribution in [0.4, 0.5) is 5.69 Å². The molecular formula is C12H13NO3. The number of allylic oxidation sites excluding steroid dienone is 1. The smallest absolute Gasteiger partial charge is 0.343 e. The molecule has 1 aromatic rings. The minimum Gasteiger partial charge on any atom is -0.506 e. The van der Waals surface area contributed by atoms with E-state index in [1.807, 2.05) is 0 Å². The molecule has 0 unspecified atom stereocenters. The van der Waals surface area contributed by atoms with Gasteiger partial charge in [-0.25, -0.2) is 4.79 Å². The summed E-state index contributed by atoms with van der Waals surface area (Å²) in [7, 11) is 0. The van der Waals surface area contributed by atoms with Gasteiger partial charge in [0, 0.05) is 6.07 Å². The Morgan fingerprint density at radius 1 is 1.56 bits per heavy atom. The molecule has 0 spiro atoms. The highest BCUT2D eigenvalue weighted by Gasteiger charge is 2.08. The fourth-order valence-electron chi connectivity index (χ4n) is 1.08. The number of nitrogens with two attached hydrogens (primary N) is 1. The van der Waals surface area contributed by atoms with Crippen LogP contribution in [0.5, 0.6) is 11.5 Å². The van der Waals surface area contributed by atoms with Crippen molar-refractivity contribution < 1.29 is 14.6 Å². The second-order valence-electron chi connectivity index (χ2n) is 3.06. The number of benzene rings is 1. The average Bonchev–Trinajstić information content (AvgIpc) is 2.25. The van der Waals surface area contributed by atoms with E-state index in [0.717, 1.165) is 0 Å². The van der Waals surface area contributed by atoms with Crippen LogP contribution in [-0.2, 0) is 4.79 Å². The van der Waals surface area contributed by atoms with E-state index in [9.17, 15) is 9.90 Å². The summed E-state index contributed by atoms with van der Waals surface area (Å²) in [6, 6.07) is 4.20. The van der Waals surface area contributed by atoms with Gasteiger partial charge in [-0.3, -0.25) is 0 Å². The van der Waals surface area contributed by atoms with Crippen molar-refractivity contribution in [3.05, 3.63) is 42.5 Å². The Labute approximate surface area is 93.7 Å². The van der Waals surface area contributed by atoms with Crippen molar-refractivity contribution in [1.29, 1.82) is 0 Å². The standard InChI is InChI=1S/C12H13NO3/c1-3-8(4-2)12(15)16-9-5-6-11(14)10(13)7-9/h3-7,14H,1,13H2,2H3/b8-4+. The Morgan fingerprint density at radius 3 is 2.75 bits per heavy atom. The highest BCUT2D eigenvalue weighted by atomic mass is 16.5. The second kappa shape index (κ2) is 5.02. The minimum atomic E-state index is -0.511. The maximum Gasteiger partial charge on any atom is 0.343 e. The first kappa shape index (κ1) is 11.8. The van der Waals surface area contributed by atoms with E-state index in [4.69, 9.17) is 10.5 Å². The molecule has 0 radical (unpaired) electrons. The van der Waals surface area contributed by atoms with E-state index in [-0.39, 0.29) is 17.2 Å². The van der Waals surface area contributed by atoms with Crippen LogP contribution in [0.3, 0.4) is 0 Å². The van der Waals surface area contributed by atoms with Gasteiger partial charge in [-0.1, -0.05) is 18.7 Å². The second-order valence-corrected chi connectivity index (χ2v) is 3.06. The lowest BCUT2D eigenvalue weighted by Gasteiger charge is -2.06. The molecule has 4 heteroatoms. The third kappa shape index (κ3) is 2.63. The highest BCUT2D eigenvalue weighted by molar-refractivity contribution is 5.92. The number of aromatic hydroxyl groups is 1. The number of phenolic OH excluding ortho intramolecular Hbond substituents is 1. The average molecular weight is 219 g/mol. The number of carbonyl (C=O) groups excluding carboxylic acids is 1. The van der Waals surface area contributed by atoms with Gasteiger partial charge in [0.05, 0.1) is 11.3 Å². The molecule has 3 N–H and O–H groups in total. The summed E-state index contributed by atoms with van der Waals surface area (Å²) in [6.07, 6.45) is 3.01. The maximum absolute atomic E-state index is 11.5. The SMILES string of the molecule is C=C/C(=C\C)C(=O)Oc1ccc(O)c(N)c1. The monoisotopic (exact) mass is 219 g/mol. The molecule has 0 heterocycles. The van der Waals surface area contributed by atoms with Crippen molar-refractivity contribution in [2.75, 3.05) is 5.73 Å². The first-order valence-electron chi connectivity index (χ1n) is 4.68. The maximum atomic E-state index is 11.5. The van der Waals surface area contributed by atoms with Crippen molar-refractivity contribution in [3.63, 3.8) is 0 Å². The van der Waals surface area contributed by atoms with Crippen molar-refractivity contribution in [2.45, 2.75) is 6.92 Å². The lowest BCUT2D eigenvalue weighted by atomic mass is 10.2. The van der Waals surface area contributed by atoms with Gasteiger partial charge in [-0.2, -0.15) is 0 Å². The number of esters is 1. The van der Waals surface area contributed by atoms with E-state index in [0.29, 0.717) is 5.57 Å². The number of phenols is 1. The van der Waals surface area contributed by atoms with Gasteiger partial charge < -0.3 is 15.6 Å². The van der Waals surface area contributed by atoms with Crippen LogP contribution in [0, 0.1) is 0 Å². The van der Waals surface area contributed by atoms with Crippen LogP contribution in [-0.4, -0.2) is 11.1 Å². The van der Waals surface area contributed by atoms with Crippen LogP contribution in [0.25, 0.3) is 0 Å². The van der Waals surface area contributed by atoms with Crippen molar-refractivity contribution in [1.82, 2.24) is 0 Å². The lowest BCUT2D eigenvalue weighted by Crippen LogP contribution is -2.09. The van der Waals surface area contributed by atoms with E-state index in [1.165, 1.54) is 24.3 Å². The number of hydrogen-bond donors (Lipinski definition) is 2. The Bertz CT molecular complexity index is 450. The molecule has 4 nitrogen and oxygen atoms in total. The quantitative estimate of drug-likeness (QED) is 0.204. The zero-order valence-electron chi connectivity index (χ0n) is 8.93. The van der Waals surface area contributed by atoms with Crippen molar-refractivity contribution in [2.24, 2.45) is 0 Å². The first-order valence-corrected chi connectivity index (χ1v) is 4.68. The molecule has 0 fully saturated rings. The van der Waals surface area contributed by atoms with Gasteiger partial charge in [0.15, 0.2) is 0 Å². The Kier molecular flexibility index (Phi) is 3.72. The van der Waals surface area contributed by atoms with Crippen LogP contribution >= 0.6 is 0 Å². The Morgan fingerprint density at radius 2 is 2.25 bits per heavy atom. The summed E-state index contributed by atoms with van der Waals surface area (Å²) >= 11 is 0. The third-order valence-electron chi connectivity index (χ3n) is 1.98. The molecule has 0 aliphatic carbocycles. The predicted molar refractivity (Wildman–Crippen MR) is 62.1 cm³/mol. The van der Waals surface area contributed by atoms with Crippen LogP contribution in [0.1, 0.15) is 6.92 Å². The lowest BCUT2D eigenvalue weighted by molar-refractivity contribution is -0.129. The summed E-state index contributed by atoms with van der Waals surface area (Å²) in [5, 5.41) is 9.19. The number of nitrogen functional groups attached to an aromatic ring is 1. The molecule has 1 aromatic carbocycles. The van der Waals surface area contributed by atoms with Gasteiger partial charge in [0.2, 0.25) is 0 Å². The van der Waals surface area contributed by atoms with Gasteiger partial charge in [-0.05, 0) is 19.1 Å². The number of anilines is 1. The molecule has 0 aliphatic heterocycles. The van der Waals surface area contributed by atoms with Crippen molar-refractivity contribution >= 4 is 11.7 Å². The fourth-order valence-corrected chi connectivity index (χ4v) is 1.08. The molecule has 84 valence electrons. The molecular weight excluding hydrogens is 206 g/mol. The van der Waals surface area contributed by atoms with Gasteiger partial charge in [0.1, 0.15) is 11.5 Å². The highest BCUT2D eigenvalue weighted by Crippen LogP contribution is 2.25. The Hall–Kier alpha value is -2.23. The zero-order valence-corrected chi connectivity index (χ0v) is 8.93. The topological polar surface area (TPSA) is 72.5 Å². The van der Waals surface area contributed by atoms with Crippen LogP contribution in [0.2, 0.25) is 0 Å². The first-order chi connectivity index (χ1) is 7.58. The number of rotatable bonds is 3. The molecule has 0 aliphatic rings. The Balaban J connectivity index is 2.85. The molecule has 0 aromatic heterocycles. The summed E-state index contributed by atoms with van der Waals surface area (Å²) in [5.74, 6) is -0.279. The minimum absolute atomic E-state index is 0.0465. The van der Waals surface area contributed by atoms with Gasteiger partial charge >= 0.3 is 5.97 Å². The van der Waals surface area contributed by atoms with Gasteiger partial charge in [0.25, 0.3) is 0 Å². The van der Waals surface area contributed by atoms with Crippen molar-refractivity contribution in [3.8, 4) is 11.5 Å². The molecule has 0 saturated carbocycles. The molecule has 16 heavy (non-hydrogen) atoms.